The van der Waals surface area contributed by atoms with Gasteiger partial charge >= 0.3 is 0 Å². The van der Waals surface area contributed by atoms with Gasteiger partial charge in [0.15, 0.2) is 0 Å². The van der Waals surface area contributed by atoms with Gasteiger partial charge in [0.1, 0.15) is 0 Å². The number of benzene rings is 1. The Kier molecular flexibility index (Phi) is 5.58. The fourth-order valence-corrected chi connectivity index (χ4v) is 2.70. The summed E-state index contributed by atoms with van der Waals surface area (Å²) in [6, 6.07) is 12.8. The Hall–Kier alpha value is -1.16. The van der Waals surface area contributed by atoms with Gasteiger partial charge in [-0.25, -0.2) is 0 Å². The largest absolute Gasteiger partial charge is 0.377 e. The van der Waals surface area contributed by atoms with Crippen molar-refractivity contribution in [1.82, 2.24) is 5.32 Å². The molecule has 19 heavy (non-hydrogen) atoms. The van der Waals surface area contributed by atoms with E-state index in [0.29, 0.717) is 6.10 Å². The van der Waals surface area contributed by atoms with Crippen molar-refractivity contribution < 1.29 is 4.74 Å². The Balaban J connectivity index is 1.78. The molecule has 2 aromatic rings. The Morgan fingerprint density at radius 1 is 1.16 bits per heavy atom. The maximum atomic E-state index is 5.50. The molecule has 0 fully saturated rings. The maximum absolute atomic E-state index is 5.50. The number of thiophene rings is 1. The average Bonchev–Trinajstić information content (AvgIpc) is 2.88. The van der Waals surface area contributed by atoms with Gasteiger partial charge in [-0.15, -0.1) is 11.3 Å². The van der Waals surface area contributed by atoms with Crippen LogP contribution in [0.1, 0.15) is 18.7 Å². The fourth-order valence-electron chi connectivity index (χ4n) is 1.83. The van der Waals surface area contributed by atoms with Gasteiger partial charge in [0.2, 0.25) is 0 Å². The zero-order valence-electron chi connectivity index (χ0n) is 11.6. The van der Waals surface area contributed by atoms with Gasteiger partial charge in [0.05, 0.1) is 12.7 Å². The van der Waals surface area contributed by atoms with E-state index in [1.165, 1.54) is 16.0 Å². The molecule has 0 saturated heterocycles. The lowest BCUT2D eigenvalue weighted by Gasteiger charge is -2.07. The average molecular weight is 275 g/mol. The molecular formula is C16H21NOS. The topological polar surface area (TPSA) is 21.3 Å². The van der Waals surface area contributed by atoms with E-state index in [1.807, 2.05) is 6.07 Å². The second kappa shape index (κ2) is 7.43. The number of rotatable bonds is 7. The predicted molar refractivity (Wildman–Crippen MR) is 82.5 cm³/mol. The van der Waals surface area contributed by atoms with Crippen LogP contribution in [0.5, 0.6) is 0 Å². The Labute approximate surface area is 119 Å². The van der Waals surface area contributed by atoms with Crippen LogP contribution in [0.2, 0.25) is 0 Å². The number of ether oxygens (including phenoxy) is 1. The maximum Gasteiger partial charge on any atom is 0.0594 e. The Morgan fingerprint density at radius 3 is 2.68 bits per heavy atom. The molecular weight excluding hydrogens is 254 g/mol. The quantitative estimate of drug-likeness (QED) is 0.773. The normalized spacial score (nSPS) is 11.1. The highest BCUT2D eigenvalue weighted by atomic mass is 32.1. The Bertz CT molecular complexity index is 479. The van der Waals surface area contributed by atoms with E-state index in [-0.39, 0.29) is 0 Å². The highest BCUT2D eigenvalue weighted by Gasteiger charge is 2.01. The van der Waals surface area contributed by atoms with Crippen LogP contribution in [-0.4, -0.2) is 19.3 Å². The summed E-state index contributed by atoms with van der Waals surface area (Å²) in [4.78, 5) is 1.36. The van der Waals surface area contributed by atoms with Crippen molar-refractivity contribution in [2.45, 2.75) is 26.5 Å². The van der Waals surface area contributed by atoms with Gasteiger partial charge in [-0.2, -0.15) is 0 Å². The van der Waals surface area contributed by atoms with Crippen LogP contribution in [0.4, 0.5) is 0 Å². The summed E-state index contributed by atoms with van der Waals surface area (Å²) < 4.78 is 5.50. The van der Waals surface area contributed by atoms with Crippen molar-refractivity contribution in [3.05, 3.63) is 46.7 Å². The van der Waals surface area contributed by atoms with E-state index in [0.717, 1.165) is 19.7 Å². The fraction of sp³-hybridized carbons (Fsp3) is 0.375. The molecule has 2 rings (SSSR count). The molecule has 0 aliphatic carbocycles. The Morgan fingerprint density at radius 2 is 1.95 bits per heavy atom. The van der Waals surface area contributed by atoms with Crippen LogP contribution in [0, 0.1) is 0 Å². The van der Waals surface area contributed by atoms with Crippen molar-refractivity contribution in [1.29, 1.82) is 0 Å². The van der Waals surface area contributed by atoms with Crippen LogP contribution >= 0.6 is 11.3 Å². The lowest BCUT2D eigenvalue weighted by Crippen LogP contribution is -2.20. The van der Waals surface area contributed by atoms with Gasteiger partial charge in [-0.05, 0) is 36.4 Å². The van der Waals surface area contributed by atoms with Crippen LogP contribution in [0.15, 0.2) is 41.8 Å². The monoisotopic (exact) mass is 275 g/mol. The minimum Gasteiger partial charge on any atom is -0.377 e. The molecule has 102 valence electrons. The summed E-state index contributed by atoms with van der Waals surface area (Å²) in [6.45, 7) is 6.71. The molecule has 3 heteroatoms. The molecule has 1 N–H and O–H groups in total. The third-order valence-electron chi connectivity index (χ3n) is 2.79. The first-order valence-corrected chi connectivity index (χ1v) is 7.59. The zero-order chi connectivity index (χ0) is 13.5. The first-order valence-electron chi connectivity index (χ1n) is 6.71. The number of hydrogen-bond acceptors (Lipinski definition) is 3. The summed E-state index contributed by atoms with van der Waals surface area (Å²) in [5.74, 6) is 0. The zero-order valence-corrected chi connectivity index (χ0v) is 12.4. The lowest BCUT2D eigenvalue weighted by atomic mass is 10.1. The van der Waals surface area contributed by atoms with Gasteiger partial charge in [0, 0.05) is 18.0 Å². The minimum atomic E-state index is 0.313. The van der Waals surface area contributed by atoms with Crippen LogP contribution in [0.3, 0.4) is 0 Å². The van der Waals surface area contributed by atoms with E-state index in [4.69, 9.17) is 4.74 Å². The van der Waals surface area contributed by atoms with E-state index in [1.54, 1.807) is 11.3 Å². The molecule has 0 radical (unpaired) electrons. The molecule has 2 nitrogen and oxygen atoms in total. The van der Waals surface area contributed by atoms with Crippen LogP contribution in [-0.2, 0) is 11.3 Å². The molecule has 0 unspecified atom stereocenters. The van der Waals surface area contributed by atoms with Gasteiger partial charge < -0.3 is 10.1 Å². The lowest BCUT2D eigenvalue weighted by molar-refractivity contribution is 0.0807. The number of hydrogen-bond donors (Lipinski definition) is 1. The van der Waals surface area contributed by atoms with Crippen molar-refractivity contribution in [2.24, 2.45) is 0 Å². The summed E-state index contributed by atoms with van der Waals surface area (Å²) in [7, 11) is 0. The standard InChI is InChI=1S/C16H21NOS/c1-13(2)18-9-8-17-11-16-10-15(12-19-16)14-6-4-3-5-7-14/h3-7,10,12-13,17H,8-9,11H2,1-2H3. The molecule has 1 aromatic carbocycles. The molecule has 0 saturated carbocycles. The molecule has 0 aliphatic heterocycles. The van der Waals surface area contributed by atoms with Gasteiger partial charge in [-0.3, -0.25) is 0 Å². The van der Waals surface area contributed by atoms with E-state index < -0.39 is 0 Å². The molecule has 1 aromatic heterocycles. The first-order chi connectivity index (χ1) is 9.25. The van der Waals surface area contributed by atoms with E-state index in [9.17, 15) is 0 Å². The van der Waals surface area contributed by atoms with Gasteiger partial charge in [0.25, 0.3) is 0 Å². The third-order valence-corrected chi connectivity index (χ3v) is 3.73. The van der Waals surface area contributed by atoms with Crippen molar-refractivity contribution in [3.63, 3.8) is 0 Å². The second-order valence-corrected chi connectivity index (χ2v) is 5.76. The van der Waals surface area contributed by atoms with Crippen molar-refractivity contribution in [3.8, 4) is 11.1 Å². The summed E-state index contributed by atoms with van der Waals surface area (Å²) in [6.07, 6.45) is 0.313. The first kappa shape index (κ1) is 14.3. The van der Waals surface area contributed by atoms with E-state index in [2.05, 4.69) is 54.9 Å². The molecule has 1 heterocycles. The highest BCUT2D eigenvalue weighted by Crippen LogP contribution is 2.25. The van der Waals surface area contributed by atoms with Crippen molar-refractivity contribution >= 4 is 11.3 Å². The molecule has 0 amide bonds. The van der Waals surface area contributed by atoms with Gasteiger partial charge in [-0.1, -0.05) is 30.3 Å². The number of nitrogens with one attached hydrogen (secondary N) is 1. The SMILES string of the molecule is CC(C)OCCNCc1cc(-c2ccccc2)cs1. The third kappa shape index (κ3) is 4.78. The summed E-state index contributed by atoms with van der Waals surface area (Å²) >= 11 is 1.81. The smallest absolute Gasteiger partial charge is 0.0594 e. The molecule has 0 atom stereocenters. The minimum absolute atomic E-state index is 0.313. The summed E-state index contributed by atoms with van der Waals surface area (Å²) in [5.41, 5.74) is 2.59. The second-order valence-electron chi connectivity index (χ2n) is 4.76. The van der Waals surface area contributed by atoms with E-state index >= 15 is 0 Å². The molecule has 0 aliphatic rings. The summed E-state index contributed by atoms with van der Waals surface area (Å²) in [5, 5.41) is 5.63. The van der Waals surface area contributed by atoms with Crippen molar-refractivity contribution in [2.75, 3.05) is 13.2 Å². The molecule has 0 bridgehead atoms. The highest BCUT2D eigenvalue weighted by molar-refractivity contribution is 7.10. The predicted octanol–water partition coefficient (Wildman–Crippen LogP) is 3.93. The van der Waals surface area contributed by atoms with Crippen LogP contribution < -0.4 is 5.32 Å². The van der Waals surface area contributed by atoms with Crippen LogP contribution in [0.25, 0.3) is 11.1 Å². The molecule has 0 spiro atoms.